The Hall–Kier alpha value is -3.17. The summed E-state index contributed by atoms with van der Waals surface area (Å²) in [7, 11) is -2.58. The summed E-state index contributed by atoms with van der Waals surface area (Å²) in [5.74, 6) is -0.575. The number of benzene rings is 3. The molecule has 9 heteroatoms. The number of carbonyl (C=O) groups is 2. The summed E-state index contributed by atoms with van der Waals surface area (Å²) < 4.78 is 29.7. The topological polar surface area (TPSA) is 86.8 Å². The zero-order valence-electron chi connectivity index (χ0n) is 22.3. The van der Waals surface area contributed by atoms with Crippen LogP contribution in [0, 0.1) is 6.92 Å². The SMILES string of the molecule is CNC(=O)[C@H](C)N(Cc1cccc(Br)c1)C(=O)CN(c1ccc(C(C)C)cc1)S(=O)(=O)c1ccc(C)cc1. The Morgan fingerprint density at radius 1 is 0.947 bits per heavy atom. The molecule has 1 atom stereocenters. The van der Waals surface area contributed by atoms with Crippen LogP contribution >= 0.6 is 15.9 Å². The maximum atomic E-state index is 13.9. The van der Waals surface area contributed by atoms with Gasteiger partial charge in [-0.05, 0) is 67.3 Å². The van der Waals surface area contributed by atoms with Crippen molar-refractivity contribution >= 4 is 43.5 Å². The van der Waals surface area contributed by atoms with E-state index in [0.29, 0.717) is 5.69 Å². The first kappa shape index (κ1) is 29.4. The molecule has 1 N–H and O–H groups in total. The molecule has 0 unspecified atom stereocenters. The molecule has 0 aliphatic heterocycles. The Bertz CT molecular complexity index is 1370. The van der Waals surface area contributed by atoms with Crippen molar-refractivity contribution in [2.24, 2.45) is 0 Å². The number of carbonyl (C=O) groups excluding carboxylic acids is 2. The highest BCUT2D eigenvalue weighted by Gasteiger charge is 2.32. The van der Waals surface area contributed by atoms with Gasteiger partial charge in [-0.2, -0.15) is 0 Å². The Morgan fingerprint density at radius 2 is 1.58 bits per heavy atom. The van der Waals surface area contributed by atoms with Crippen molar-refractivity contribution in [3.8, 4) is 0 Å². The zero-order valence-corrected chi connectivity index (χ0v) is 24.7. The molecule has 2 amide bonds. The van der Waals surface area contributed by atoms with Gasteiger partial charge in [0.05, 0.1) is 10.6 Å². The number of hydrogen-bond acceptors (Lipinski definition) is 4. The fourth-order valence-corrected chi connectivity index (χ4v) is 5.88. The van der Waals surface area contributed by atoms with Crippen LogP contribution in [0.1, 0.15) is 43.4 Å². The van der Waals surface area contributed by atoms with Crippen molar-refractivity contribution in [1.29, 1.82) is 0 Å². The molecule has 0 saturated heterocycles. The van der Waals surface area contributed by atoms with Gasteiger partial charge in [0.1, 0.15) is 12.6 Å². The first-order valence-corrected chi connectivity index (χ1v) is 14.6. The van der Waals surface area contributed by atoms with Crippen molar-refractivity contribution < 1.29 is 18.0 Å². The number of halogens is 1. The highest BCUT2D eigenvalue weighted by molar-refractivity contribution is 9.10. The van der Waals surface area contributed by atoms with Gasteiger partial charge in [0, 0.05) is 18.1 Å². The van der Waals surface area contributed by atoms with Crippen LogP contribution in [0.3, 0.4) is 0 Å². The number of hydrogen-bond donors (Lipinski definition) is 1. The maximum Gasteiger partial charge on any atom is 0.264 e. The predicted octanol–water partition coefficient (Wildman–Crippen LogP) is 5.24. The number of amides is 2. The standard InChI is InChI=1S/C29H34BrN3O4S/c1-20(2)24-11-13-26(14-12-24)33(38(36,37)27-15-9-21(3)10-16-27)19-28(34)32(22(4)29(35)31-5)18-23-7-6-8-25(30)17-23/h6-17,20,22H,18-19H2,1-5H3,(H,31,35)/t22-/m0/s1. The Balaban J connectivity index is 2.04. The van der Waals surface area contributed by atoms with Crippen LogP contribution in [0.2, 0.25) is 0 Å². The van der Waals surface area contributed by atoms with Crippen molar-refractivity contribution in [2.45, 2.75) is 51.1 Å². The number of nitrogens with zero attached hydrogens (tertiary/aromatic N) is 2. The number of nitrogens with one attached hydrogen (secondary N) is 1. The smallest absolute Gasteiger partial charge is 0.264 e. The lowest BCUT2D eigenvalue weighted by Crippen LogP contribution is -2.50. The fraction of sp³-hybridized carbons (Fsp3) is 0.310. The molecule has 0 aliphatic carbocycles. The number of aryl methyl sites for hydroxylation is 1. The van der Waals surface area contributed by atoms with E-state index in [1.54, 1.807) is 31.2 Å². The van der Waals surface area contributed by atoms with Gasteiger partial charge in [-0.25, -0.2) is 8.42 Å². The molecule has 7 nitrogen and oxygen atoms in total. The van der Waals surface area contributed by atoms with E-state index < -0.39 is 28.5 Å². The van der Waals surface area contributed by atoms with E-state index in [1.165, 1.54) is 24.1 Å². The van der Waals surface area contributed by atoms with Crippen molar-refractivity contribution in [2.75, 3.05) is 17.9 Å². The third kappa shape index (κ3) is 7.02. The van der Waals surface area contributed by atoms with Crippen molar-refractivity contribution in [3.05, 3.63) is 94.0 Å². The van der Waals surface area contributed by atoms with Gasteiger partial charge in [0.15, 0.2) is 0 Å². The minimum absolute atomic E-state index is 0.0849. The van der Waals surface area contributed by atoms with E-state index in [9.17, 15) is 18.0 Å². The summed E-state index contributed by atoms with van der Waals surface area (Å²) in [4.78, 5) is 27.9. The summed E-state index contributed by atoms with van der Waals surface area (Å²) >= 11 is 3.44. The number of anilines is 1. The molecule has 0 fully saturated rings. The van der Waals surface area contributed by atoms with Gasteiger partial charge in [0.2, 0.25) is 11.8 Å². The highest BCUT2D eigenvalue weighted by Crippen LogP contribution is 2.27. The Labute approximate surface area is 234 Å². The highest BCUT2D eigenvalue weighted by atomic mass is 79.9. The van der Waals surface area contributed by atoms with E-state index in [0.717, 1.165) is 25.5 Å². The minimum atomic E-state index is -4.09. The molecule has 0 aliphatic rings. The van der Waals surface area contributed by atoms with Gasteiger partial charge in [-0.15, -0.1) is 0 Å². The monoisotopic (exact) mass is 599 g/mol. The van der Waals surface area contributed by atoms with Gasteiger partial charge in [-0.1, -0.05) is 71.7 Å². The van der Waals surface area contributed by atoms with Crippen molar-refractivity contribution in [3.63, 3.8) is 0 Å². The maximum absolute atomic E-state index is 13.9. The van der Waals surface area contributed by atoms with Crippen LogP contribution in [-0.2, 0) is 26.2 Å². The number of sulfonamides is 1. The fourth-order valence-electron chi connectivity index (χ4n) is 4.02. The second-order valence-electron chi connectivity index (χ2n) is 9.51. The number of rotatable bonds is 10. The molecule has 0 aromatic heterocycles. The molecular weight excluding hydrogens is 566 g/mol. The molecule has 0 saturated carbocycles. The molecule has 3 aromatic rings. The third-order valence-electron chi connectivity index (χ3n) is 6.39. The van der Waals surface area contributed by atoms with E-state index in [1.807, 2.05) is 43.3 Å². The molecule has 38 heavy (non-hydrogen) atoms. The first-order valence-electron chi connectivity index (χ1n) is 12.4. The van der Waals surface area contributed by atoms with E-state index >= 15 is 0 Å². The third-order valence-corrected chi connectivity index (χ3v) is 8.67. The van der Waals surface area contributed by atoms with Crippen molar-refractivity contribution in [1.82, 2.24) is 10.2 Å². The second-order valence-corrected chi connectivity index (χ2v) is 12.3. The molecule has 3 rings (SSSR count). The molecule has 3 aromatic carbocycles. The molecule has 0 heterocycles. The van der Waals surface area contributed by atoms with Crippen LogP contribution in [0.4, 0.5) is 5.69 Å². The van der Waals surface area contributed by atoms with Crippen LogP contribution in [0.5, 0.6) is 0 Å². The largest absolute Gasteiger partial charge is 0.357 e. The van der Waals surface area contributed by atoms with Gasteiger partial charge in [0.25, 0.3) is 10.0 Å². The zero-order chi connectivity index (χ0) is 28.0. The average Bonchev–Trinajstić information content (AvgIpc) is 2.89. The Morgan fingerprint density at radius 3 is 2.13 bits per heavy atom. The lowest BCUT2D eigenvalue weighted by molar-refractivity contribution is -0.139. The second kappa shape index (κ2) is 12.6. The molecule has 0 bridgehead atoms. The number of likely N-dealkylation sites (N-methyl/N-ethyl adjacent to an activating group) is 1. The lowest BCUT2D eigenvalue weighted by Gasteiger charge is -2.32. The quantitative estimate of drug-likeness (QED) is 0.345. The predicted molar refractivity (Wildman–Crippen MR) is 154 cm³/mol. The van der Waals surface area contributed by atoms with Crippen LogP contribution in [0.15, 0.2) is 82.2 Å². The molecular formula is C29H34BrN3O4S. The van der Waals surface area contributed by atoms with Crippen LogP contribution < -0.4 is 9.62 Å². The normalized spacial score (nSPS) is 12.2. The van der Waals surface area contributed by atoms with Crippen LogP contribution in [-0.4, -0.2) is 44.8 Å². The molecule has 202 valence electrons. The lowest BCUT2D eigenvalue weighted by atomic mass is 10.0. The summed E-state index contributed by atoms with van der Waals surface area (Å²) in [5.41, 5.74) is 3.15. The summed E-state index contributed by atoms with van der Waals surface area (Å²) in [6, 6.07) is 20.3. The van der Waals surface area contributed by atoms with Crippen LogP contribution in [0.25, 0.3) is 0 Å². The first-order chi connectivity index (χ1) is 17.9. The molecule has 0 spiro atoms. The van der Waals surface area contributed by atoms with Gasteiger partial charge >= 0.3 is 0 Å². The van der Waals surface area contributed by atoms with Gasteiger partial charge < -0.3 is 10.2 Å². The summed E-state index contributed by atoms with van der Waals surface area (Å²) in [5, 5.41) is 2.59. The van der Waals surface area contributed by atoms with E-state index in [4.69, 9.17) is 0 Å². The van der Waals surface area contributed by atoms with E-state index in [2.05, 4.69) is 35.1 Å². The average molecular weight is 601 g/mol. The molecule has 0 radical (unpaired) electrons. The summed E-state index contributed by atoms with van der Waals surface area (Å²) in [6.07, 6.45) is 0. The minimum Gasteiger partial charge on any atom is -0.357 e. The Kier molecular flexibility index (Phi) is 9.73. The van der Waals surface area contributed by atoms with Gasteiger partial charge in [-0.3, -0.25) is 13.9 Å². The van der Waals surface area contributed by atoms with E-state index in [-0.39, 0.29) is 23.3 Å². The summed E-state index contributed by atoms with van der Waals surface area (Å²) in [6.45, 7) is 7.29.